The van der Waals surface area contributed by atoms with Gasteiger partial charge in [0.2, 0.25) is 0 Å². The molecule has 20 heavy (non-hydrogen) atoms. The highest BCUT2D eigenvalue weighted by Crippen LogP contribution is 2.07. The van der Waals surface area contributed by atoms with E-state index in [-0.39, 0.29) is 5.56 Å². The topological polar surface area (TPSA) is 51.3 Å². The molecule has 0 radical (unpaired) electrons. The summed E-state index contributed by atoms with van der Waals surface area (Å²) in [6.07, 6.45) is 5.19. The van der Waals surface area contributed by atoms with Gasteiger partial charge < -0.3 is 9.88 Å². The molecule has 3 rings (SSSR count). The first-order chi connectivity index (χ1) is 9.74. The highest BCUT2D eigenvalue weighted by Gasteiger charge is 2.02. The number of fused-ring (bicyclic) bond motifs is 1. The van der Waals surface area contributed by atoms with E-state index in [1.807, 2.05) is 12.1 Å². The van der Waals surface area contributed by atoms with Crippen molar-refractivity contribution in [3.05, 3.63) is 64.8 Å². The number of hydrogen-bond donors (Lipinski definition) is 1. The number of hydrogen-bond acceptors (Lipinski definition) is 3. The minimum Gasteiger partial charge on any atom is -0.383 e. The smallest absolute Gasteiger partial charge is 0.276 e. The number of nitrogens with one attached hydrogen (secondary N) is 1. The van der Waals surface area contributed by atoms with Gasteiger partial charge in [-0.25, -0.2) is 4.52 Å². The lowest BCUT2D eigenvalue weighted by Crippen LogP contribution is -2.24. The molecule has 5 heteroatoms. The van der Waals surface area contributed by atoms with E-state index >= 15 is 0 Å². The third kappa shape index (κ3) is 2.42. The van der Waals surface area contributed by atoms with Crippen molar-refractivity contribution in [1.82, 2.24) is 14.2 Å². The molecule has 0 bridgehead atoms. The molecule has 0 atom stereocenters. The Bertz CT molecular complexity index is 770. The third-order valence-electron chi connectivity index (χ3n) is 3.27. The van der Waals surface area contributed by atoms with Crippen LogP contribution in [0.1, 0.15) is 5.56 Å². The van der Waals surface area contributed by atoms with Crippen molar-refractivity contribution in [2.75, 3.05) is 11.9 Å². The summed E-state index contributed by atoms with van der Waals surface area (Å²) >= 11 is 0. The van der Waals surface area contributed by atoms with E-state index in [1.165, 1.54) is 5.56 Å². The molecule has 1 aromatic carbocycles. The van der Waals surface area contributed by atoms with Crippen LogP contribution in [-0.4, -0.2) is 20.7 Å². The van der Waals surface area contributed by atoms with Crippen molar-refractivity contribution >= 4 is 11.2 Å². The number of benzene rings is 1. The first-order valence-corrected chi connectivity index (χ1v) is 6.57. The summed E-state index contributed by atoms with van der Waals surface area (Å²) in [5.41, 5.74) is 2.88. The minimum absolute atomic E-state index is 0.0179. The third-order valence-corrected chi connectivity index (χ3v) is 3.27. The Balaban J connectivity index is 1.69. The summed E-state index contributed by atoms with van der Waals surface area (Å²) < 4.78 is 3.28. The molecule has 1 N–H and O–H groups in total. The van der Waals surface area contributed by atoms with Crippen molar-refractivity contribution in [2.45, 2.75) is 13.5 Å². The number of nitrogens with zero attached hydrogens (tertiary/aromatic N) is 3. The van der Waals surface area contributed by atoms with Crippen molar-refractivity contribution in [2.24, 2.45) is 0 Å². The van der Waals surface area contributed by atoms with Crippen molar-refractivity contribution in [3.8, 4) is 0 Å². The lowest BCUT2D eigenvalue weighted by Gasteiger charge is -2.09. The van der Waals surface area contributed by atoms with Gasteiger partial charge in [0.1, 0.15) is 5.52 Å². The van der Waals surface area contributed by atoms with Crippen LogP contribution in [0.5, 0.6) is 0 Å². The predicted octanol–water partition coefficient (Wildman–Crippen LogP) is 1.92. The van der Waals surface area contributed by atoms with Crippen LogP contribution in [0.15, 0.2) is 53.7 Å². The van der Waals surface area contributed by atoms with Crippen molar-refractivity contribution in [3.63, 3.8) is 0 Å². The molecule has 0 aliphatic carbocycles. The van der Waals surface area contributed by atoms with Crippen LogP contribution in [0.2, 0.25) is 0 Å². The normalized spacial score (nSPS) is 10.8. The van der Waals surface area contributed by atoms with Gasteiger partial charge in [-0.1, -0.05) is 17.7 Å². The SMILES string of the molecule is Cc1ccc(NCCn2ccn3nccc3c2=O)cc1. The summed E-state index contributed by atoms with van der Waals surface area (Å²) in [5.74, 6) is 0. The van der Waals surface area contributed by atoms with Gasteiger partial charge in [0, 0.05) is 31.2 Å². The van der Waals surface area contributed by atoms with E-state index in [0.29, 0.717) is 18.6 Å². The molecule has 0 fully saturated rings. The molecule has 0 aliphatic heterocycles. The Kier molecular flexibility index (Phi) is 3.25. The van der Waals surface area contributed by atoms with Crippen molar-refractivity contribution in [1.29, 1.82) is 0 Å². The average Bonchev–Trinajstić information content (AvgIpc) is 2.93. The maximum atomic E-state index is 12.2. The zero-order valence-corrected chi connectivity index (χ0v) is 11.3. The molecular weight excluding hydrogens is 252 g/mol. The number of rotatable bonds is 4. The summed E-state index contributed by atoms with van der Waals surface area (Å²) in [7, 11) is 0. The van der Waals surface area contributed by atoms with E-state index in [0.717, 1.165) is 5.69 Å². The zero-order valence-electron chi connectivity index (χ0n) is 11.3. The van der Waals surface area contributed by atoms with E-state index < -0.39 is 0 Å². The Morgan fingerprint density at radius 2 is 1.95 bits per heavy atom. The molecule has 3 aromatic rings. The van der Waals surface area contributed by atoms with E-state index in [9.17, 15) is 4.79 Å². The van der Waals surface area contributed by atoms with E-state index in [1.54, 1.807) is 33.7 Å². The summed E-state index contributed by atoms with van der Waals surface area (Å²) in [6, 6.07) is 9.93. The molecule has 5 nitrogen and oxygen atoms in total. The van der Waals surface area contributed by atoms with E-state index in [2.05, 4.69) is 29.5 Å². The van der Waals surface area contributed by atoms with Gasteiger partial charge in [-0.15, -0.1) is 0 Å². The Labute approximate surface area is 116 Å². The lowest BCUT2D eigenvalue weighted by molar-refractivity contribution is 0.688. The molecule has 2 heterocycles. The van der Waals surface area contributed by atoms with Crippen LogP contribution in [0.25, 0.3) is 5.52 Å². The van der Waals surface area contributed by atoms with Gasteiger partial charge in [0.05, 0.1) is 6.20 Å². The van der Waals surface area contributed by atoms with Crippen LogP contribution in [-0.2, 0) is 6.54 Å². The van der Waals surface area contributed by atoms with Crippen LogP contribution < -0.4 is 10.9 Å². The lowest BCUT2D eigenvalue weighted by atomic mass is 10.2. The Hall–Kier alpha value is -2.56. The molecule has 2 aromatic heterocycles. The molecule has 0 spiro atoms. The molecule has 0 saturated heterocycles. The second kappa shape index (κ2) is 5.21. The molecule has 0 aliphatic rings. The maximum Gasteiger partial charge on any atom is 0.276 e. The number of aromatic nitrogens is 3. The molecular formula is C15H16N4O. The van der Waals surface area contributed by atoms with Crippen molar-refractivity contribution < 1.29 is 0 Å². The largest absolute Gasteiger partial charge is 0.383 e. The molecule has 0 amide bonds. The van der Waals surface area contributed by atoms with Crippen LogP contribution in [0.3, 0.4) is 0 Å². The maximum absolute atomic E-state index is 12.2. The summed E-state index contributed by atoms with van der Waals surface area (Å²) in [5, 5.41) is 7.35. The highest BCUT2D eigenvalue weighted by molar-refractivity contribution is 5.44. The molecule has 102 valence electrons. The van der Waals surface area contributed by atoms with E-state index in [4.69, 9.17) is 0 Å². The Morgan fingerprint density at radius 3 is 2.75 bits per heavy atom. The molecule has 0 unspecified atom stereocenters. The minimum atomic E-state index is -0.0179. The first kappa shape index (κ1) is 12.5. The average molecular weight is 268 g/mol. The Morgan fingerprint density at radius 1 is 1.15 bits per heavy atom. The van der Waals surface area contributed by atoms with Gasteiger partial charge in [-0.2, -0.15) is 5.10 Å². The zero-order chi connectivity index (χ0) is 13.9. The fourth-order valence-corrected chi connectivity index (χ4v) is 2.13. The van der Waals surface area contributed by atoms with Crippen LogP contribution in [0, 0.1) is 6.92 Å². The van der Waals surface area contributed by atoms with Crippen LogP contribution in [0.4, 0.5) is 5.69 Å². The monoisotopic (exact) mass is 268 g/mol. The van der Waals surface area contributed by atoms with Gasteiger partial charge >= 0.3 is 0 Å². The number of anilines is 1. The van der Waals surface area contributed by atoms with Gasteiger partial charge in [-0.3, -0.25) is 4.79 Å². The predicted molar refractivity (Wildman–Crippen MR) is 79.1 cm³/mol. The number of aryl methyl sites for hydroxylation is 1. The van der Waals surface area contributed by atoms with Gasteiger partial charge in [0.25, 0.3) is 5.56 Å². The second-order valence-corrected chi connectivity index (χ2v) is 4.75. The fourth-order valence-electron chi connectivity index (χ4n) is 2.13. The summed E-state index contributed by atoms with van der Waals surface area (Å²) in [4.78, 5) is 12.2. The fraction of sp³-hybridized carbons (Fsp3) is 0.200. The first-order valence-electron chi connectivity index (χ1n) is 6.57. The van der Waals surface area contributed by atoms with Crippen LogP contribution >= 0.6 is 0 Å². The van der Waals surface area contributed by atoms with Gasteiger partial charge in [0.15, 0.2) is 0 Å². The highest BCUT2D eigenvalue weighted by atomic mass is 16.1. The van der Waals surface area contributed by atoms with Gasteiger partial charge in [-0.05, 0) is 25.1 Å². The summed E-state index contributed by atoms with van der Waals surface area (Å²) in [6.45, 7) is 3.38. The standard InChI is InChI=1S/C15H16N4O/c1-12-2-4-13(5-3-12)16-8-9-18-10-11-19-14(15(18)20)6-7-17-19/h2-7,10-11,16H,8-9H2,1H3. The quantitative estimate of drug-likeness (QED) is 0.786. The molecule has 0 saturated carbocycles. The second-order valence-electron chi connectivity index (χ2n) is 4.75.